The summed E-state index contributed by atoms with van der Waals surface area (Å²) in [6.07, 6.45) is 1.01. The van der Waals surface area contributed by atoms with E-state index in [1.54, 1.807) is 29.2 Å². The molecule has 1 saturated heterocycles. The number of carbonyl (C=O) groups is 3. The van der Waals surface area contributed by atoms with Gasteiger partial charge in [-0.2, -0.15) is 5.10 Å². The van der Waals surface area contributed by atoms with Gasteiger partial charge in [-0.15, -0.1) is 0 Å². The van der Waals surface area contributed by atoms with Crippen molar-refractivity contribution in [2.24, 2.45) is 17.6 Å². The molecule has 160 valence electrons. The molecule has 0 saturated carbocycles. The van der Waals surface area contributed by atoms with Crippen LogP contribution in [-0.4, -0.2) is 52.0 Å². The average molecular weight is 413 g/mol. The molecule has 1 aliphatic heterocycles. The van der Waals surface area contributed by atoms with Crippen LogP contribution in [0, 0.1) is 11.8 Å². The summed E-state index contributed by atoms with van der Waals surface area (Å²) in [7, 11) is 0. The molecular formula is C21H27N5O4. The van der Waals surface area contributed by atoms with E-state index >= 15 is 0 Å². The highest BCUT2D eigenvalue weighted by Crippen LogP contribution is 2.19. The molecule has 1 fully saturated rings. The monoisotopic (exact) mass is 413 g/mol. The molecule has 30 heavy (non-hydrogen) atoms. The first-order valence-corrected chi connectivity index (χ1v) is 10.1. The number of amides is 3. The average Bonchev–Trinajstić information content (AvgIpc) is 2.73. The molecule has 0 bridgehead atoms. The molecule has 0 spiro atoms. The van der Waals surface area contributed by atoms with Gasteiger partial charge in [-0.25, -0.2) is 5.10 Å². The second kappa shape index (κ2) is 9.06. The number of nitrogens with one attached hydrogen (secondary N) is 2. The summed E-state index contributed by atoms with van der Waals surface area (Å²) >= 11 is 0. The fourth-order valence-electron chi connectivity index (χ4n) is 3.78. The number of benzene rings is 1. The standard InChI is InChI=1S/C21H27N5O4/c1-12(2)18(21(30)26-9-7-13(8-10-26)19(22)28)23-17(27)11-16-14-5-3-4-6-15(14)20(29)25-24-16/h3-6,12-13,18H,7-11H2,1-2H3,(H2,22,28)(H,23,27)(H,25,29). The normalized spacial score (nSPS) is 15.9. The van der Waals surface area contributed by atoms with Crippen LogP contribution in [0.3, 0.4) is 0 Å². The Hall–Kier alpha value is -3.23. The number of carbonyl (C=O) groups excluding carboxylic acids is 3. The second-order valence-electron chi connectivity index (χ2n) is 8.01. The number of nitrogens with zero attached hydrogens (tertiary/aromatic N) is 2. The van der Waals surface area contributed by atoms with Gasteiger partial charge in [0.1, 0.15) is 6.04 Å². The third-order valence-corrected chi connectivity index (χ3v) is 5.56. The molecule has 2 heterocycles. The summed E-state index contributed by atoms with van der Waals surface area (Å²) in [6.45, 7) is 4.62. The van der Waals surface area contributed by atoms with Gasteiger partial charge in [-0.05, 0) is 24.8 Å². The van der Waals surface area contributed by atoms with Crippen molar-refractivity contribution >= 4 is 28.5 Å². The number of hydrogen-bond donors (Lipinski definition) is 3. The predicted molar refractivity (Wildman–Crippen MR) is 111 cm³/mol. The van der Waals surface area contributed by atoms with Gasteiger partial charge in [-0.1, -0.05) is 32.0 Å². The van der Waals surface area contributed by atoms with Crippen LogP contribution < -0.4 is 16.6 Å². The zero-order chi connectivity index (χ0) is 21.8. The molecule has 3 rings (SSSR count). The number of hydrogen-bond acceptors (Lipinski definition) is 5. The van der Waals surface area contributed by atoms with Crippen molar-refractivity contribution in [1.82, 2.24) is 20.4 Å². The molecule has 0 aliphatic carbocycles. The summed E-state index contributed by atoms with van der Waals surface area (Å²) < 4.78 is 0. The molecule has 1 aromatic heterocycles. The number of fused-ring (bicyclic) bond motifs is 1. The van der Waals surface area contributed by atoms with Crippen molar-refractivity contribution < 1.29 is 14.4 Å². The Bertz CT molecular complexity index is 1010. The van der Waals surface area contributed by atoms with E-state index in [1.165, 1.54) is 0 Å². The highest BCUT2D eigenvalue weighted by Gasteiger charge is 2.32. The molecule has 1 unspecified atom stereocenters. The SMILES string of the molecule is CC(C)C(NC(=O)Cc1n[nH]c(=O)c2ccccc12)C(=O)N1CCC(C(N)=O)CC1. The van der Waals surface area contributed by atoms with E-state index in [4.69, 9.17) is 5.73 Å². The van der Waals surface area contributed by atoms with E-state index in [2.05, 4.69) is 15.5 Å². The van der Waals surface area contributed by atoms with Crippen LogP contribution >= 0.6 is 0 Å². The summed E-state index contributed by atoms with van der Waals surface area (Å²) in [4.78, 5) is 50.6. The number of likely N-dealkylation sites (tertiary alicyclic amines) is 1. The van der Waals surface area contributed by atoms with Gasteiger partial charge in [0.15, 0.2) is 0 Å². The number of aromatic amines is 1. The molecule has 9 nitrogen and oxygen atoms in total. The van der Waals surface area contributed by atoms with Crippen LogP contribution in [0.15, 0.2) is 29.1 Å². The van der Waals surface area contributed by atoms with Crippen LogP contribution in [0.5, 0.6) is 0 Å². The van der Waals surface area contributed by atoms with Crippen molar-refractivity contribution in [2.45, 2.75) is 39.2 Å². The smallest absolute Gasteiger partial charge is 0.272 e. The molecule has 3 amide bonds. The maximum Gasteiger partial charge on any atom is 0.272 e. The molecule has 0 radical (unpaired) electrons. The maximum atomic E-state index is 13.0. The third-order valence-electron chi connectivity index (χ3n) is 5.56. The Balaban J connectivity index is 1.69. The van der Waals surface area contributed by atoms with Gasteiger partial charge in [0.2, 0.25) is 17.7 Å². The number of aromatic nitrogens is 2. The number of H-pyrrole nitrogens is 1. The first-order valence-electron chi connectivity index (χ1n) is 10.1. The quantitative estimate of drug-likeness (QED) is 0.626. The van der Waals surface area contributed by atoms with Crippen LogP contribution in [0.1, 0.15) is 32.4 Å². The lowest BCUT2D eigenvalue weighted by molar-refractivity contribution is -0.140. The zero-order valence-electron chi connectivity index (χ0n) is 17.2. The number of nitrogens with two attached hydrogens (primary N) is 1. The van der Waals surface area contributed by atoms with Crippen molar-refractivity contribution in [2.75, 3.05) is 13.1 Å². The topological polar surface area (TPSA) is 138 Å². The highest BCUT2D eigenvalue weighted by molar-refractivity contribution is 5.91. The lowest BCUT2D eigenvalue weighted by Gasteiger charge is -2.34. The molecule has 1 atom stereocenters. The van der Waals surface area contributed by atoms with Gasteiger partial charge in [0.25, 0.3) is 5.56 Å². The summed E-state index contributed by atoms with van der Waals surface area (Å²) in [6, 6.07) is 6.26. The first kappa shape index (κ1) is 21.5. The Morgan fingerprint density at radius 3 is 2.43 bits per heavy atom. The minimum Gasteiger partial charge on any atom is -0.369 e. The fraction of sp³-hybridized carbons (Fsp3) is 0.476. The van der Waals surface area contributed by atoms with Gasteiger partial charge < -0.3 is 16.0 Å². The third kappa shape index (κ3) is 4.67. The minimum absolute atomic E-state index is 0.0580. The molecule has 1 aromatic carbocycles. The molecule has 1 aliphatic rings. The lowest BCUT2D eigenvalue weighted by atomic mass is 9.94. The van der Waals surface area contributed by atoms with E-state index in [9.17, 15) is 19.2 Å². The van der Waals surface area contributed by atoms with E-state index in [-0.39, 0.29) is 41.5 Å². The first-order chi connectivity index (χ1) is 14.3. The van der Waals surface area contributed by atoms with E-state index in [0.717, 1.165) is 0 Å². The Kier molecular flexibility index (Phi) is 6.49. The van der Waals surface area contributed by atoms with E-state index in [1.807, 2.05) is 13.8 Å². The van der Waals surface area contributed by atoms with Gasteiger partial charge in [0.05, 0.1) is 17.5 Å². The molecular weight excluding hydrogens is 386 g/mol. The molecule has 9 heteroatoms. The van der Waals surface area contributed by atoms with Crippen molar-refractivity contribution in [3.05, 3.63) is 40.3 Å². The zero-order valence-corrected chi connectivity index (χ0v) is 17.2. The van der Waals surface area contributed by atoms with Crippen molar-refractivity contribution in [1.29, 1.82) is 0 Å². The van der Waals surface area contributed by atoms with Crippen molar-refractivity contribution in [3.8, 4) is 0 Å². The number of rotatable bonds is 6. The second-order valence-corrected chi connectivity index (χ2v) is 8.01. The molecule has 4 N–H and O–H groups in total. The fourth-order valence-corrected chi connectivity index (χ4v) is 3.78. The highest BCUT2D eigenvalue weighted by atomic mass is 16.2. The summed E-state index contributed by atoms with van der Waals surface area (Å²) in [5, 5.41) is 10.3. The summed E-state index contributed by atoms with van der Waals surface area (Å²) in [5.74, 6) is -1.17. The Labute approximate surface area is 174 Å². The number of piperidine rings is 1. The Morgan fingerprint density at radius 2 is 1.83 bits per heavy atom. The minimum atomic E-state index is -0.684. The largest absolute Gasteiger partial charge is 0.369 e. The van der Waals surface area contributed by atoms with Crippen molar-refractivity contribution in [3.63, 3.8) is 0 Å². The Morgan fingerprint density at radius 1 is 1.20 bits per heavy atom. The van der Waals surface area contributed by atoms with E-state index < -0.39 is 6.04 Å². The van der Waals surface area contributed by atoms with Crippen LogP contribution in [0.25, 0.3) is 10.8 Å². The van der Waals surface area contributed by atoms with Gasteiger partial charge in [0, 0.05) is 24.4 Å². The number of primary amides is 1. The van der Waals surface area contributed by atoms with Gasteiger partial charge in [-0.3, -0.25) is 19.2 Å². The van der Waals surface area contributed by atoms with Crippen LogP contribution in [0.4, 0.5) is 0 Å². The summed E-state index contributed by atoms with van der Waals surface area (Å²) in [5.41, 5.74) is 5.49. The van der Waals surface area contributed by atoms with Crippen LogP contribution in [-0.2, 0) is 20.8 Å². The van der Waals surface area contributed by atoms with Crippen LogP contribution in [0.2, 0.25) is 0 Å². The van der Waals surface area contributed by atoms with E-state index in [0.29, 0.717) is 42.4 Å². The molecule has 2 aromatic rings. The maximum absolute atomic E-state index is 13.0. The predicted octanol–water partition coefficient (Wildman–Crippen LogP) is 0.330. The van der Waals surface area contributed by atoms with Gasteiger partial charge >= 0.3 is 0 Å². The lowest BCUT2D eigenvalue weighted by Crippen LogP contribution is -2.53.